The summed E-state index contributed by atoms with van der Waals surface area (Å²) in [6, 6.07) is 17.7. The number of rotatable bonds is 6. The van der Waals surface area contributed by atoms with Crippen LogP contribution in [-0.2, 0) is 16.0 Å². The molecular weight excluding hydrogens is 316 g/mol. The molecule has 0 saturated carbocycles. The number of hydrogen-bond acceptors (Lipinski definition) is 3. The predicted octanol–water partition coefficient (Wildman–Crippen LogP) is 1.76. The van der Waals surface area contributed by atoms with Crippen LogP contribution < -0.4 is 11.1 Å². The minimum atomic E-state index is -0.849. The molecule has 0 saturated heterocycles. The van der Waals surface area contributed by atoms with Crippen molar-refractivity contribution in [1.29, 1.82) is 0 Å². The maximum Gasteiger partial charge on any atom is 0.244 e. The fourth-order valence-electron chi connectivity index (χ4n) is 2.53. The van der Waals surface area contributed by atoms with Crippen molar-refractivity contribution in [2.45, 2.75) is 12.5 Å². The number of aromatic nitrogens is 2. The smallest absolute Gasteiger partial charge is 0.244 e. The molecule has 25 heavy (non-hydrogen) atoms. The number of hydrogen-bond donors (Lipinski definition) is 2. The van der Waals surface area contributed by atoms with Crippen LogP contribution in [-0.4, -0.2) is 21.6 Å². The third kappa shape index (κ3) is 4.11. The molecule has 1 heterocycles. The monoisotopic (exact) mass is 334 g/mol. The fourth-order valence-corrected chi connectivity index (χ4v) is 2.53. The maximum atomic E-state index is 12.3. The van der Waals surface area contributed by atoms with Gasteiger partial charge >= 0.3 is 0 Å². The number of nitrogens with two attached hydrogens (primary N) is 1. The molecule has 0 aliphatic heterocycles. The molecule has 0 fully saturated rings. The van der Waals surface area contributed by atoms with Crippen LogP contribution in [0.4, 0.5) is 0 Å². The van der Waals surface area contributed by atoms with Crippen LogP contribution in [0.2, 0.25) is 0 Å². The SMILES string of the molecule is NC(=O)[C@H](NC(=O)Cc1cnn(-c2ccccc2)c1)c1ccccc1. The van der Waals surface area contributed by atoms with Gasteiger partial charge in [-0.2, -0.15) is 5.10 Å². The summed E-state index contributed by atoms with van der Waals surface area (Å²) in [5.74, 6) is -0.889. The van der Waals surface area contributed by atoms with Gasteiger partial charge in [0.2, 0.25) is 11.8 Å². The largest absolute Gasteiger partial charge is 0.368 e. The van der Waals surface area contributed by atoms with E-state index in [1.165, 1.54) is 0 Å². The van der Waals surface area contributed by atoms with Gasteiger partial charge in [-0.05, 0) is 23.3 Å². The molecule has 1 aromatic heterocycles. The summed E-state index contributed by atoms with van der Waals surface area (Å²) >= 11 is 0. The molecule has 0 unspecified atom stereocenters. The van der Waals surface area contributed by atoms with Crippen molar-refractivity contribution in [1.82, 2.24) is 15.1 Å². The number of benzene rings is 2. The van der Waals surface area contributed by atoms with Gasteiger partial charge in [-0.3, -0.25) is 9.59 Å². The number of primary amides is 1. The number of carbonyl (C=O) groups is 2. The molecule has 0 aliphatic carbocycles. The fraction of sp³-hybridized carbons (Fsp3) is 0.105. The van der Waals surface area contributed by atoms with E-state index in [0.717, 1.165) is 11.3 Å². The highest BCUT2D eigenvalue weighted by Crippen LogP contribution is 2.13. The van der Waals surface area contributed by atoms with Gasteiger partial charge in [0.1, 0.15) is 6.04 Å². The average Bonchev–Trinajstić information content (AvgIpc) is 3.09. The van der Waals surface area contributed by atoms with Crippen molar-refractivity contribution in [3.8, 4) is 5.69 Å². The minimum absolute atomic E-state index is 0.115. The Morgan fingerprint density at radius 3 is 2.32 bits per heavy atom. The lowest BCUT2D eigenvalue weighted by molar-refractivity contribution is -0.127. The van der Waals surface area contributed by atoms with Crippen LogP contribution in [0.25, 0.3) is 5.69 Å². The summed E-state index contributed by atoms with van der Waals surface area (Å²) in [6.45, 7) is 0. The van der Waals surface area contributed by atoms with Crippen molar-refractivity contribution in [3.05, 3.63) is 84.2 Å². The summed E-state index contributed by atoms with van der Waals surface area (Å²) in [4.78, 5) is 24.0. The molecule has 0 aliphatic rings. The second kappa shape index (κ2) is 7.44. The molecule has 6 heteroatoms. The normalized spacial score (nSPS) is 11.7. The lowest BCUT2D eigenvalue weighted by Crippen LogP contribution is -2.38. The maximum absolute atomic E-state index is 12.3. The first-order valence-corrected chi connectivity index (χ1v) is 7.86. The van der Waals surface area contributed by atoms with Crippen LogP contribution in [0.15, 0.2) is 73.1 Å². The molecule has 3 aromatic rings. The summed E-state index contributed by atoms with van der Waals surface area (Å²) in [5, 5.41) is 6.94. The first-order chi connectivity index (χ1) is 12.1. The molecule has 3 rings (SSSR count). The average molecular weight is 334 g/mol. The molecule has 0 bridgehead atoms. The van der Waals surface area contributed by atoms with Crippen LogP contribution in [0, 0.1) is 0 Å². The van der Waals surface area contributed by atoms with E-state index >= 15 is 0 Å². The highest BCUT2D eigenvalue weighted by Gasteiger charge is 2.20. The van der Waals surface area contributed by atoms with E-state index in [4.69, 9.17) is 5.73 Å². The molecule has 2 aromatic carbocycles. The predicted molar refractivity (Wildman–Crippen MR) is 93.8 cm³/mol. The van der Waals surface area contributed by atoms with Crippen LogP contribution in [0.5, 0.6) is 0 Å². The number of carbonyl (C=O) groups excluding carboxylic acids is 2. The quantitative estimate of drug-likeness (QED) is 0.720. The van der Waals surface area contributed by atoms with Gasteiger partial charge in [0.25, 0.3) is 0 Å². The van der Waals surface area contributed by atoms with Crippen molar-refractivity contribution >= 4 is 11.8 Å². The third-order valence-electron chi connectivity index (χ3n) is 3.74. The van der Waals surface area contributed by atoms with Gasteiger partial charge in [-0.1, -0.05) is 48.5 Å². The Hall–Kier alpha value is -3.41. The van der Waals surface area contributed by atoms with E-state index in [1.807, 2.05) is 36.4 Å². The van der Waals surface area contributed by atoms with E-state index in [9.17, 15) is 9.59 Å². The number of nitrogens with zero attached hydrogens (tertiary/aromatic N) is 2. The van der Waals surface area contributed by atoms with Crippen molar-refractivity contribution < 1.29 is 9.59 Å². The number of nitrogens with one attached hydrogen (secondary N) is 1. The molecule has 3 N–H and O–H groups in total. The Morgan fingerprint density at radius 1 is 1.04 bits per heavy atom. The van der Waals surface area contributed by atoms with Gasteiger partial charge in [0.15, 0.2) is 0 Å². The molecule has 0 spiro atoms. The van der Waals surface area contributed by atoms with E-state index in [0.29, 0.717) is 5.56 Å². The molecule has 1 atom stereocenters. The zero-order valence-electron chi connectivity index (χ0n) is 13.5. The van der Waals surface area contributed by atoms with Crippen molar-refractivity contribution in [2.75, 3.05) is 0 Å². The third-order valence-corrected chi connectivity index (χ3v) is 3.74. The van der Waals surface area contributed by atoms with Gasteiger partial charge < -0.3 is 11.1 Å². The molecular formula is C19H18N4O2. The standard InChI is InChI=1S/C19H18N4O2/c20-19(25)18(15-7-3-1-4-8-15)22-17(24)11-14-12-21-23(13-14)16-9-5-2-6-10-16/h1-10,12-13,18H,11H2,(H2,20,25)(H,22,24)/t18-/m1/s1. The zero-order chi connectivity index (χ0) is 17.6. The Labute approximate surface area is 145 Å². The number of amides is 2. The highest BCUT2D eigenvalue weighted by molar-refractivity contribution is 5.88. The molecule has 6 nitrogen and oxygen atoms in total. The summed E-state index contributed by atoms with van der Waals surface area (Å²) in [6.07, 6.45) is 3.54. The minimum Gasteiger partial charge on any atom is -0.368 e. The molecule has 0 radical (unpaired) electrons. The lowest BCUT2D eigenvalue weighted by Gasteiger charge is -2.15. The van der Waals surface area contributed by atoms with Crippen LogP contribution in [0.3, 0.4) is 0 Å². The summed E-state index contributed by atoms with van der Waals surface area (Å²) in [7, 11) is 0. The van der Waals surface area contributed by atoms with E-state index < -0.39 is 11.9 Å². The summed E-state index contributed by atoms with van der Waals surface area (Å²) < 4.78 is 1.70. The Morgan fingerprint density at radius 2 is 1.68 bits per heavy atom. The zero-order valence-corrected chi connectivity index (χ0v) is 13.5. The second-order valence-corrected chi connectivity index (χ2v) is 5.62. The Bertz CT molecular complexity index is 859. The van der Waals surface area contributed by atoms with Gasteiger partial charge in [0.05, 0.1) is 18.3 Å². The Balaban J connectivity index is 1.68. The van der Waals surface area contributed by atoms with E-state index in [1.54, 1.807) is 41.3 Å². The van der Waals surface area contributed by atoms with Crippen LogP contribution >= 0.6 is 0 Å². The lowest BCUT2D eigenvalue weighted by atomic mass is 10.1. The first-order valence-electron chi connectivity index (χ1n) is 7.86. The van der Waals surface area contributed by atoms with E-state index in [2.05, 4.69) is 10.4 Å². The van der Waals surface area contributed by atoms with E-state index in [-0.39, 0.29) is 12.3 Å². The van der Waals surface area contributed by atoms with Gasteiger partial charge in [0, 0.05) is 6.20 Å². The topological polar surface area (TPSA) is 90.0 Å². The highest BCUT2D eigenvalue weighted by atomic mass is 16.2. The van der Waals surface area contributed by atoms with Gasteiger partial charge in [-0.15, -0.1) is 0 Å². The Kier molecular flexibility index (Phi) is 4.89. The van der Waals surface area contributed by atoms with Gasteiger partial charge in [-0.25, -0.2) is 4.68 Å². The first kappa shape index (κ1) is 16.4. The van der Waals surface area contributed by atoms with Crippen molar-refractivity contribution in [3.63, 3.8) is 0 Å². The van der Waals surface area contributed by atoms with Crippen LogP contribution in [0.1, 0.15) is 17.2 Å². The second-order valence-electron chi connectivity index (χ2n) is 5.62. The molecule has 2 amide bonds. The molecule has 126 valence electrons. The van der Waals surface area contributed by atoms with Crippen molar-refractivity contribution in [2.24, 2.45) is 5.73 Å². The number of para-hydroxylation sites is 1. The summed E-state index contributed by atoms with van der Waals surface area (Å²) in [5.41, 5.74) is 7.73.